The van der Waals surface area contributed by atoms with Crippen molar-refractivity contribution >= 4 is 22.6 Å². The largest absolute Gasteiger partial charge is 0.354 e. The molecule has 4 heterocycles. The number of piperazine rings is 1. The van der Waals surface area contributed by atoms with E-state index in [0.717, 1.165) is 43.4 Å². The minimum Gasteiger partial charge on any atom is -0.354 e. The Hall–Kier alpha value is -2.29. The number of H-pyrrole nitrogens is 1. The lowest BCUT2D eigenvalue weighted by Gasteiger charge is -2.38. The fraction of sp³-hybridized carbons (Fsp3) is 0.652. The molecule has 5 rings (SSSR count). The maximum atomic E-state index is 14.4. The Morgan fingerprint density at radius 3 is 2.53 bits per heavy atom. The van der Waals surface area contributed by atoms with Gasteiger partial charge < -0.3 is 14.8 Å². The number of aromatic nitrogens is 2. The van der Waals surface area contributed by atoms with Gasteiger partial charge in [-0.25, -0.2) is 18.2 Å². The zero-order chi connectivity index (χ0) is 22.4. The van der Waals surface area contributed by atoms with Crippen LogP contribution in [0.2, 0.25) is 0 Å². The molecule has 174 valence electrons. The first-order valence-corrected chi connectivity index (χ1v) is 11.6. The fourth-order valence-electron chi connectivity index (χ4n) is 5.32. The first-order chi connectivity index (χ1) is 15.4. The van der Waals surface area contributed by atoms with E-state index in [9.17, 15) is 18.0 Å². The third-order valence-corrected chi connectivity index (χ3v) is 7.47. The molecule has 0 bridgehead atoms. The van der Waals surface area contributed by atoms with E-state index in [1.54, 1.807) is 12.3 Å². The lowest BCUT2D eigenvalue weighted by Crippen LogP contribution is -2.55. The molecule has 2 aromatic rings. The van der Waals surface area contributed by atoms with E-state index in [1.165, 1.54) is 32.6 Å². The Labute approximate surface area is 185 Å². The SMILES string of the molecule is CC1C(F)CN(C(=O)c2cc3cc(N4CCN(C5CCCC5)CC4)ncc3[nH]2)C(F)C1F. The van der Waals surface area contributed by atoms with E-state index >= 15 is 0 Å². The summed E-state index contributed by atoms with van der Waals surface area (Å²) in [6.07, 6.45) is 1.13. The van der Waals surface area contributed by atoms with Gasteiger partial charge in [0.05, 0.1) is 18.3 Å². The summed E-state index contributed by atoms with van der Waals surface area (Å²) in [4.78, 5) is 25.8. The van der Waals surface area contributed by atoms with Gasteiger partial charge >= 0.3 is 0 Å². The third-order valence-electron chi connectivity index (χ3n) is 7.47. The Morgan fingerprint density at radius 1 is 1.09 bits per heavy atom. The molecule has 1 saturated carbocycles. The highest BCUT2D eigenvalue weighted by atomic mass is 19.2. The number of fused-ring (bicyclic) bond motifs is 1. The smallest absolute Gasteiger partial charge is 0.272 e. The van der Waals surface area contributed by atoms with E-state index in [4.69, 9.17) is 0 Å². The van der Waals surface area contributed by atoms with Crippen molar-refractivity contribution in [1.82, 2.24) is 19.8 Å². The number of carbonyl (C=O) groups is 1. The average Bonchev–Trinajstić information content (AvgIpc) is 3.49. The van der Waals surface area contributed by atoms with Crippen LogP contribution in [0, 0.1) is 5.92 Å². The second-order valence-electron chi connectivity index (χ2n) is 9.42. The predicted octanol–water partition coefficient (Wildman–Crippen LogP) is 3.69. The lowest BCUT2D eigenvalue weighted by atomic mass is 9.94. The minimum atomic E-state index is -2.15. The van der Waals surface area contributed by atoms with E-state index in [2.05, 4.69) is 19.8 Å². The first kappa shape index (κ1) is 21.6. The number of carbonyl (C=O) groups excluding carboxylic acids is 1. The van der Waals surface area contributed by atoms with Gasteiger partial charge in [-0.15, -0.1) is 0 Å². The van der Waals surface area contributed by atoms with Crippen LogP contribution in [0.3, 0.4) is 0 Å². The summed E-state index contributed by atoms with van der Waals surface area (Å²) in [5.41, 5.74) is 0.748. The Bertz CT molecular complexity index is 970. The number of rotatable bonds is 3. The molecule has 9 heteroatoms. The Kier molecular flexibility index (Phi) is 5.77. The monoisotopic (exact) mass is 449 g/mol. The molecular weight excluding hydrogens is 419 g/mol. The number of anilines is 1. The van der Waals surface area contributed by atoms with Gasteiger partial charge in [-0.3, -0.25) is 9.69 Å². The van der Waals surface area contributed by atoms with Gasteiger partial charge in [0, 0.05) is 43.5 Å². The molecule has 1 N–H and O–H groups in total. The Balaban J connectivity index is 1.29. The van der Waals surface area contributed by atoms with E-state index in [0.29, 0.717) is 10.4 Å². The van der Waals surface area contributed by atoms with Gasteiger partial charge in [-0.2, -0.15) is 0 Å². The molecule has 0 aromatic carbocycles. The second kappa shape index (κ2) is 8.57. The zero-order valence-corrected chi connectivity index (χ0v) is 18.3. The van der Waals surface area contributed by atoms with Gasteiger partial charge in [0.2, 0.25) is 6.30 Å². The van der Waals surface area contributed by atoms with Crippen molar-refractivity contribution in [2.75, 3.05) is 37.6 Å². The van der Waals surface area contributed by atoms with Crippen molar-refractivity contribution in [1.29, 1.82) is 0 Å². The fourth-order valence-corrected chi connectivity index (χ4v) is 5.32. The Morgan fingerprint density at radius 2 is 1.81 bits per heavy atom. The van der Waals surface area contributed by atoms with Crippen LogP contribution in [0.4, 0.5) is 19.0 Å². The predicted molar refractivity (Wildman–Crippen MR) is 117 cm³/mol. The number of halogens is 3. The molecule has 0 radical (unpaired) electrons. The number of nitrogens with one attached hydrogen (secondary N) is 1. The first-order valence-electron chi connectivity index (χ1n) is 11.6. The molecule has 1 amide bonds. The molecule has 3 fully saturated rings. The standard InChI is InChI=1S/C23H30F3N5O/c1-14-17(24)13-31(22(26)21(14)25)23(32)18-10-15-11-20(27-12-19(15)28-18)30-8-6-29(7-9-30)16-4-2-3-5-16/h10-12,14,16-17,21-22,28H,2-9,13H2,1H3. The highest BCUT2D eigenvalue weighted by molar-refractivity contribution is 5.98. The minimum absolute atomic E-state index is 0.113. The van der Waals surface area contributed by atoms with E-state index < -0.39 is 37.0 Å². The van der Waals surface area contributed by atoms with Crippen molar-refractivity contribution < 1.29 is 18.0 Å². The van der Waals surface area contributed by atoms with Crippen LogP contribution in [-0.4, -0.2) is 83.1 Å². The molecule has 3 aliphatic rings. The summed E-state index contributed by atoms with van der Waals surface area (Å²) < 4.78 is 42.6. The molecule has 1 aliphatic carbocycles. The molecule has 32 heavy (non-hydrogen) atoms. The number of aromatic amines is 1. The number of likely N-dealkylation sites (tertiary alicyclic amines) is 1. The highest BCUT2D eigenvalue weighted by Gasteiger charge is 2.45. The number of piperidine rings is 1. The highest BCUT2D eigenvalue weighted by Crippen LogP contribution is 2.31. The molecule has 6 nitrogen and oxygen atoms in total. The third kappa shape index (κ3) is 3.84. The summed E-state index contributed by atoms with van der Waals surface area (Å²) in [5.74, 6) is -0.973. The van der Waals surface area contributed by atoms with Crippen molar-refractivity contribution in [3.8, 4) is 0 Å². The summed E-state index contributed by atoms with van der Waals surface area (Å²) in [6.45, 7) is 4.70. The summed E-state index contributed by atoms with van der Waals surface area (Å²) in [6, 6.07) is 4.24. The van der Waals surface area contributed by atoms with Gasteiger partial charge in [-0.1, -0.05) is 19.8 Å². The number of amides is 1. The average molecular weight is 450 g/mol. The van der Waals surface area contributed by atoms with Gasteiger partial charge in [-0.05, 0) is 25.0 Å². The molecule has 2 aliphatic heterocycles. The number of hydrogen-bond donors (Lipinski definition) is 1. The van der Waals surface area contributed by atoms with Crippen LogP contribution in [0.5, 0.6) is 0 Å². The molecule has 4 atom stereocenters. The van der Waals surface area contributed by atoms with Crippen LogP contribution in [0.25, 0.3) is 10.9 Å². The second-order valence-corrected chi connectivity index (χ2v) is 9.42. The topological polar surface area (TPSA) is 55.5 Å². The van der Waals surface area contributed by atoms with Gasteiger partial charge in [0.1, 0.15) is 17.7 Å². The molecule has 4 unspecified atom stereocenters. The molecule has 2 aromatic heterocycles. The molecular formula is C23H30F3N5O. The quantitative estimate of drug-likeness (QED) is 0.727. The van der Waals surface area contributed by atoms with E-state index in [1.807, 2.05) is 6.07 Å². The van der Waals surface area contributed by atoms with Crippen LogP contribution in [0.15, 0.2) is 18.3 Å². The number of hydrogen-bond acceptors (Lipinski definition) is 4. The van der Waals surface area contributed by atoms with Crippen molar-refractivity contribution in [2.45, 2.75) is 57.3 Å². The van der Waals surface area contributed by atoms with Crippen LogP contribution in [0.1, 0.15) is 43.1 Å². The van der Waals surface area contributed by atoms with Crippen LogP contribution >= 0.6 is 0 Å². The maximum absolute atomic E-state index is 14.4. The molecule has 0 spiro atoms. The van der Waals surface area contributed by atoms with Crippen molar-refractivity contribution in [3.05, 3.63) is 24.0 Å². The normalized spacial score (nSPS) is 30.4. The summed E-state index contributed by atoms with van der Waals surface area (Å²) in [7, 11) is 0. The van der Waals surface area contributed by atoms with Crippen molar-refractivity contribution in [3.63, 3.8) is 0 Å². The zero-order valence-electron chi connectivity index (χ0n) is 18.3. The van der Waals surface area contributed by atoms with E-state index in [-0.39, 0.29) is 5.69 Å². The van der Waals surface area contributed by atoms with Gasteiger partial charge in [0.15, 0.2) is 6.17 Å². The molecule has 2 saturated heterocycles. The van der Waals surface area contributed by atoms with Crippen LogP contribution in [-0.2, 0) is 0 Å². The van der Waals surface area contributed by atoms with Crippen LogP contribution < -0.4 is 4.90 Å². The lowest BCUT2D eigenvalue weighted by molar-refractivity contribution is -0.0639. The number of alkyl halides is 3. The maximum Gasteiger partial charge on any atom is 0.272 e. The number of nitrogens with zero attached hydrogens (tertiary/aromatic N) is 4. The summed E-state index contributed by atoms with van der Waals surface area (Å²) in [5, 5.41) is 0.769. The summed E-state index contributed by atoms with van der Waals surface area (Å²) >= 11 is 0. The van der Waals surface area contributed by atoms with Crippen molar-refractivity contribution in [2.24, 2.45) is 5.92 Å². The van der Waals surface area contributed by atoms with Gasteiger partial charge in [0.25, 0.3) is 5.91 Å². The number of pyridine rings is 1.